The number of aromatic nitrogens is 1. The maximum absolute atomic E-state index is 13.3. The number of carbonyl (C=O) groups excluding carboxylic acids is 2. The van der Waals surface area contributed by atoms with E-state index in [9.17, 15) is 14.0 Å². The molecule has 9 heteroatoms. The van der Waals surface area contributed by atoms with Crippen LogP contribution in [-0.4, -0.2) is 41.8 Å². The Morgan fingerprint density at radius 1 is 1.36 bits per heavy atom. The number of carbonyl (C=O) groups is 2. The Morgan fingerprint density at radius 3 is 2.82 bits per heavy atom. The Kier molecular flexibility index (Phi) is 5.89. The summed E-state index contributed by atoms with van der Waals surface area (Å²) in [6.45, 7) is -0.000784. The number of amides is 1. The summed E-state index contributed by atoms with van der Waals surface area (Å²) >= 11 is 5.83. The molecule has 1 atom stereocenters. The summed E-state index contributed by atoms with van der Waals surface area (Å²) in [5, 5.41) is 6.40. The van der Waals surface area contributed by atoms with Gasteiger partial charge in [-0.1, -0.05) is 47.1 Å². The zero-order valence-electron chi connectivity index (χ0n) is 14.9. The normalized spacial score (nSPS) is 18.2. The topological polar surface area (TPSA) is 89.9 Å². The minimum Gasteiger partial charge on any atom is -0.466 e. The Bertz CT molecular complexity index is 923. The van der Waals surface area contributed by atoms with Crippen molar-refractivity contribution in [1.29, 1.82) is 0 Å². The van der Waals surface area contributed by atoms with Crippen LogP contribution in [0.4, 0.5) is 4.39 Å². The van der Waals surface area contributed by atoms with Gasteiger partial charge in [0.2, 0.25) is 5.60 Å². The van der Waals surface area contributed by atoms with E-state index in [-0.39, 0.29) is 30.1 Å². The molecule has 0 saturated carbocycles. The third kappa shape index (κ3) is 4.28. The van der Waals surface area contributed by atoms with Gasteiger partial charge < -0.3 is 14.9 Å². The smallest absolute Gasteiger partial charge is 0.353 e. The number of esters is 1. The fourth-order valence-electron chi connectivity index (χ4n) is 2.89. The first kappa shape index (κ1) is 19.8. The van der Waals surface area contributed by atoms with Gasteiger partial charge in [0.15, 0.2) is 0 Å². The number of hydrogen-bond donors (Lipinski definition) is 1. The second-order valence-electron chi connectivity index (χ2n) is 6.25. The summed E-state index contributed by atoms with van der Waals surface area (Å²) in [4.78, 5) is 33.6. The van der Waals surface area contributed by atoms with E-state index in [1.165, 1.54) is 7.11 Å². The van der Waals surface area contributed by atoms with Gasteiger partial charge >= 0.3 is 5.97 Å². The van der Waals surface area contributed by atoms with Gasteiger partial charge in [0.1, 0.15) is 11.0 Å². The number of ether oxygens (including phenoxy) is 1. The van der Waals surface area contributed by atoms with Crippen LogP contribution in [-0.2, 0) is 20.8 Å². The second kappa shape index (κ2) is 8.35. The Balaban J connectivity index is 1.67. The molecule has 3 rings (SSSR count). The molecule has 2 aromatic rings. The lowest BCUT2D eigenvalue weighted by Crippen LogP contribution is -2.43. The number of methoxy groups -OCH3 is 1. The van der Waals surface area contributed by atoms with Crippen LogP contribution in [0.25, 0.3) is 0 Å². The Hall–Kier alpha value is -3.00. The van der Waals surface area contributed by atoms with Crippen molar-refractivity contribution >= 4 is 29.2 Å². The zero-order valence-corrected chi connectivity index (χ0v) is 15.7. The molecule has 1 unspecified atom stereocenters. The standard InChI is InChI=1S/C19H17ClFN3O4/c1-27-18(26)19(8-12-5-3-2-4-6-12)9-14(24-28-19)11-23-17(25)15-7-13(21)10-22-16(15)20/h2-7,10H,8-9,11H2,1H3,(H,23,25). The van der Waals surface area contributed by atoms with E-state index < -0.39 is 23.3 Å². The number of pyridine rings is 1. The molecule has 7 nitrogen and oxygen atoms in total. The highest BCUT2D eigenvalue weighted by Crippen LogP contribution is 2.29. The van der Waals surface area contributed by atoms with Crippen LogP contribution in [0.15, 0.2) is 47.8 Å². The third-order valence-electron chi connectivity index (χ3n) is 4.23. The van der Waals surface area contributed by atoms with Crippen molar-refractivity contribution in [1.82, 2.24) is 10.3 Å². The van der Waals surface area contributed by atoms with E-state index in [0.717, 1.165) is 17.8 Å². The van der Waals surface area contributed by atoms with Gasteiger partial charge in [-0.15, -0.1) is 0 Å². The number of oxime groups is 1. The quantitative estimate of drug-likeness (QED) is 0.589. The summed E-state index contributed by atoms with van der Waals surface area (Å²) in [5.74, 6) is -1.85. The summed E-state index contributed by atoms with van der Waals surface area (Å²) in [5.41, 5.74) is -0.0697. The average molecular weight is 406 g/mol. The average Bonchev–Trinajstić information content (AvgIpc) is 3.12. The van der Waals surface area contributed by atoms with Crippen molar-refractivity contribution in [3.05, 3.63) is 64.7 Å². The van der Waals surface area contributed by atoms with Crippen molar-refractivity contribution in [3.8, 4) is 0 Å². The van der Waals surface area contributed by atoms with Gasteiger partial charge in [0.05, 0.1) is 31.1 Å². The molecule has 1 amide bonds. The maximum Gasteiger partial charge on any atom is 0.353 e. The molecule has 1 N–H and O–H groups in total. The molecule has 28 heavy (non-hydrogen) atoms. The Labute approximate surface area is 165 Å². The monoisotopic (exact) mass is 405 g/mol. The van der Waals surface area contributed by atoms with E-state index >= 15 is 0 Å². The summed E-state index contributed by atoms with van der Waals surface area (Å²) in [6, 6.07) is 10.3. The van der Waals surface area contributed by atoms with E-state index in [1.54, 1.807) is 0 Å². The number of hydrogen-bond acceptors (Lipinski definition) is 6. The van der Waals surface area contributed by atoms with Gasteiger partial charge in [-0.3, -0.25) is 4.79 Å². The molecule has 2 heterocycles. The molecular formula is C19H17ClFN3O4. The van der Waals surface area contributed by atoms with Crippen molar-refractivity contribution in [2.75, 3.05) is 13.7 Å². The molecule has 146 valence electrons. The van der Waals surface area contributed by atoms with Gasteiger partial charge in [-0.05, 0) is 11.6 Å². The first-order valence-electron chi connectivity index (χ1n) is 8.39. The van der Waals surface area contributed by atoms with Crippen molar-refractivity contribution in [2.45, 2.75) is 18.4 Å². The molecule has 0 spiro atoms. The van der Waals surface area contributed by atoms with Crippen LogP contribution >= 0.6 is 11.6 Å². The molecule has 0 bridgehead atoms. The lowest BCUT2D eigenvalue weighted by atomic mass is 9.89. The van der Waals surface area contributed by atoms with Crippen molar-refractivity contribution in [2.24, 2.45) is 5.16 Å². The van der Waals surface area contributed by atoms with Gasteiger partial charge in [-0.25, -0.2) is 14.2 Å². The summed E-state index contributed by atoms with van der Waals surface area (Å²) in [7, 11) is 1.27. The predicted molar refractivity (Wildman–Crippen MR) is 99.6 cm³/mol. The van der Waals surface area contributed by atoms with Crippen LogP contribution in [0.1, 0.15) is 22.3 Å². The first-order valence-corrected chi connectivity index (χ1v) is 8.77. The highest BCUT2D eigenvalue weighted by Gasteiger charge is 2.47. The Morgan fingerprint density at radius 2 is 2.11 bits per heavy atom. The fourth-order valence-corrected chi connectivity index (χ4v) is 3.08. The van der Waals surface area contributed by atoms with Gasteiger partial charge in [-0.2, -0.15) is 0 Å². The van der Waals surface area contributed by atoms with E-state index in [1.807, 2.05) is 30.3 Å². The van der Waals surface area contributed by atoms with Crippen LogP contribution in [0.5, 0.6) is 0 Å². The number of nitrogens with zero attached hydrogens (tertiary/aromatic N) is 2. The van der Waals surface area contributed by atoms with Crippen LogP contribution in [0.3, 0.4) is 0 Å². The molecule has 1 aliphatic heterocycles. The molecular weight excluding hydrogens is 389 g/mol. The fraction of sp³-hybridized carbons (Fsp3) is 0.263. The molecule has 0 saturated heterocycles. The molecule has 0 aliphatic carbocycles. The van der Waals surface area contributed by atoms with E-state index in [2.05, 4.69) is 15.5 Å². The number of halogens is 2. The zero-order chi connectivity index (χ0) is 20.1. The minimum atomic E-state index is -1.30. The third-order valence-corrected chi connectivity index (χ3v) is 4.53. The van der Waals surface area contributed by atoms with Crippen molar-refractivity contribution in [3.63, 3.8) is 0 Å². The number of rotatable bonds is 6. The maximum atomic E-state index is 13.3. The minimum absolute atomic E-state index is 0.000784. The lowest BCUT2D eigenvalue weighted by Gasteiger charge is -2.23. The molecule has 0 fully saturated rings. The van der Waals surface area contributed by atoms with Crippen LogP contribution in [0.2, 0.25) is 5.15 Å². The molecule has 1 aromatic carbocycles. The summed E-state index contributed by atoms with van der Waals surface area (Å²) in [6.07, 6.45) is 1.33. The highest BCUT2D eigenvalue weighted by atomic mass is 35.5. The number of nitrogens with one attached hydrogen (secondary N) is 1. The number of benzene rings is 1. The van der Waals surface area contributed by atoms with E-state index in [4.69, 9.17) is 21.2 Å². The summed E-state index contributed by atoms with van der Waals surface area (Å²) < 4.78 is 18.2. The van der Waals surface area contributed by atoms with E-state index in [0.29, 0.717) is 5.71 Å². The molecule has 1 aliphatic rings. The lowest BCUT2D eigenvalue weighted by molar-refractivity contribution is -0.166. The first-order chi connectivity index (χ1) is 13.4. The molecule has 1 aromatic heterocycles. The van der Waals surface area contributed by atoms with Crippen LogP contribution in [0, 0.1) is 5.82 Å². The second-order valence-corrected chi connectivity index (χ2v) is 6.61. The SMILES string of the molecule is COC(=O)C1(Cc2ccccc2)CC(CNC(=O)c2cc(F)cnc2Cl)=NO1. The largest absolute Gasteiger partial charge is 0.466 e. The van der Waals surface area contributed by atoms with Gasteiger partial charge in [0.25, 0.3) is 5.91 Å². The van der Waals surface area contributed by atoms with Crippen molar-refractivity contribution < 1.29 is 23.6 Å². The molecule has 0 radical (unpaired) electrons. The predicted octanol–water partition coefficient (Wildman–Crippen LogP) is 2.53. The van der Waals surface area contributed by atoms with Crippen LogP contribution < -0.4 is 5.32 Å². The van der Waals surface area contributed by atoms with Gasteiger partial charge in [0, 0.05) is 12.8 Å². The highest BCUT2D eigenvalue weighted by molar-refractivity contribution is 6.32.